The average Bonchev–Trinajstić information content (AvgIpc) is 3.19. The summed E-state index contributed by atoms with van der Waals surface area (Å²) in [6.45, 7) is 1.60. The maximum atomic E-state index is 12.9. The zero-order valence-corrected chi connectivity index (χ0v) is 17.7. The van der Waals surface area contributed by atoms with Gasteiger partial charge in [0.1, 0.15) is 11.5 Å². The molecule has 0 fully saturated rings. The molecule has 0 unspecified atom stereocenters. The number of nitrogens with zero attached hydrogens (tertiary/aromatic N) is 3. The van der Waals surface area contributed by atoms with Gasteiger partial charge in [0.05, 0.1) is 24.2 Å². The Labute approximate surface area is 178 Å². The SMILES string of the molecule is COc1cccc(CNS(=O)(=O)c2ccc3c(c2)N(Cc2noc(C)n2)C(=O)CO3)c1. The molecule has 162 valence electrons. The number of hydrogen-bond donors (Lipinski definition) is 1. The predicted molar refractivity (Wildman–Crippen MR) is 109 cm³/mol. The molecule has 1 aliphatic rings. The largest absolute Gasteiger partial charge is 0.497 e. The van der Waals surface area contributed by atoms with Crippen LogP contribution >= 0.6 is 0 Å². The molecular formula is C20H20N4O6S. The molecular weight excluding hydrogens is 424 g/mol. The first-order valence-corrected chi connectivity index (χ1v) is 10.8. The predicted octanol–water partition coefficient (Wildman–Crippen LogP) is 1.79. The van der Waals surface area contributed by atoms with Gasteiger partial charge in [0.15, 0.2) is 12.4 Å². The number of amides is 1. The number of sulfonamides is 1. The molecule has 0 saturated heterocycles. The first-order valence-electron chi connectivity index (χ1n) is 9.35. The third kappa shape index (κ3) is 4.52. The van der Waals surface area contributed by atoms with E-state index in [4.69, 9.17) is 14.0 Å². The third-order valence-electron chi connectivity index (χ3n) is 4.65. The molecule has 2 aromatic carbocycles. The Hall–Kier alpha value is -3.44. The van der Waals surface area contributed by atoms with Crippen molar-refractivity contribution in [3.05, 3.63) is 59.7 Å². The van der Waals surface area contributed by atoms with E-state index in [-0.39, 0.29) is 30.5 Å². The van der Waals surface area contributed by atoms with Crippen LogP contribution in [0.2, 0.25) is 0 Å². The van der Waals surface area contributed by atoms with Crippen molar-refractivity contribution in [3.63, 3.8) is 0 Å². The van der Waals surface area contributed by atoms with Crippen LogP contribution in [-0.2, 0) is 27.9 Å². The number of anilines is 1. The first-order chi connectivity index (χ1) is 14.9. The third-order valence-corrected chi connectivity index (χ3v) is 6.05. The maximum Gasteiger partial charge on any atom is 0.265 e. The van der Waals surface area contributed by atoms with Crippen LogP contribution in [0.3, 0.4) is 0 Å². The lowest BCUT2D eigenvalue weighted by Crippen LogP contribution is -2.38. The Morgan fingerprint density at radius 3 is 2.81 bits per heavy atom. The number of aromatic nitrogens is 2. The van der Waals surface area contributed by atoms with Gasteiger partial charge < -0.3 is 14.0 Å². The van der Waals surface area contributed by atoms with Gasteiger partial charge in [0.25, 0.3) is 5.91 Å². The lowest BCUT2D eigenvalue weighted by atomic mass is 10.2. The number of carbonyl (C=O) groups is 1. The highest BCUT2D eigenvalue weighted by atomic mass is 32.2. The molecule has 0 aliphatic carbocycles. The number of nitrogens with one attached hydrogen (secondary N) is 1. The standard InChI is InChI=1S/C20H20N4O6S/c1-13-22-19(23-30-13)11-24-17-9-16(6-7-18(17)29-12-20(24)25)31(26,27)21-10-14-4-3-5-15(8-14)28-2/h3-9,21H,10-12H2,1-2H3. The van der Waals surface area contributed by atoms with E-state index in [0.29, 0.717) is 28.9 Å². The van der Waals surface area contributed by atoms with Crippen molar-refractivity contribution in [2.45, 2.75) is 24.9 Å². The van der Waals surface area contributed by atoms with Crippen molar-refractivity contribution in [2.75, 3.05) is 18.6 Å². The summed E-state index contributed by atoms with van der Waals surface area (Å²) in [6.07, 6.45) is 0. The van der Waals surface area contributed by atoms with E-state index in [2.05, 4.69) is 14.9 Å². The summed E-state index contributed by atoms with van der Waals surface area (Å²) in [6, 6.07) is 11.4. The number of hydrogen-bond acceptors (Lipinski definition) is 8. The van der Waals surface area contributed by atoms with Gasteiger partial charge >= 0.3 is 0 Å². The summed E-state index contributed by atoms with van der Waals surface area (Å²) < 4.78 is 43.9. The molecule has 0 saturated carbocycles. The molecule has 2 heterocycles. The summed E-state index contributed by atoms with van der Waals surface area (Å²) in [5.74, 6) is 1.37. The van der Waals surface area contributed by atoms with E-state index in [1.54, 1.807) is 38.3 Å². The number of ether oxygens (including phenoxy) is 2. The van der Waals surface area contributed by atoms with Crippen molar-refractivity contribution in [2.24, 2.45) is 0 Å². The lowest BCUT2D eigenvalue weighted by Gasteiger charge is -2.28. The van der Waals surface area contributed by atoms with Crippen LogP contribution in [0.5, 0.6) is 11.5 Å². The van der Waals surface area contributed by atoms with Gasteiger partial charge in [0.2, 0.25) is 15.9 Å². The second-order valence-corrected chi connectivity index (χ2v) is 8.57. The molecule has 11 heteroatoms. The second-order valence-electron chi connectivity index (χ2n) is 6.80. The van der Waals surface area contributed by atoms with Crippen LogP contribution in [0, 0.1) is 6.92 Å². The highest BCUT2D eigenvalue weighted by molar-refractivity contribution is 7.89. The minimum absolute atomic E-state index is 0.00161. The quantitative estimate of drug-likeness (QED) is 0.585. The van der Waals surface area contributed by atoms with Crippen LogP contribution in [0.4, 0.5) is 5.69 Å². The maximum absolute atomic E-state index is 12.9. The Morgan fingerprint density at radius 1 is 1.23 bits per heavy atom. The minimum atomic E-state index is -3.86. The molecule has 0 bridgehead atoms. The molecule has 3 aromatic rings. The van der Waals surface area contributed by atoms with E-state index < -0.39 is 10.0 Å². The van der Waals surface area contributed by atoms with Crippen LogP contribution in [0.1, 0.15) is 17.3 Å². The zero-order valence-electron chi connectivity index (χ0n) is 16.9. The number of methoxy groups -OCH3 is 1. The normalized spacial score (nSPS) is 13.6. The monoisotopic (exact) mass is 444 g/mol. The van der Waals surface area contributed by atoms with Gasteiger partial charge in [0, 0.05) is 13.5 Å². The molecule has 31 heavy (non-hydrogen) atoms. The van der Waals surface area contributed by atoms with Crippen LogP contribution in [-0.4, -0.2) is 38.2 Å². The summed E-state index contributed by atoms with van der Waals surface area (Å²) >= 11 is 0. The Morgan fingerprint density at radius 2 is 2.06 bits per heavy atom. The summed E-state index contributed by atoms with van der Waals surface area (Å²) in [4.78, 5) is 17.9. The molecule has 0 radical (unpaired) electrons. The smallest absolute Gasteiger partial charge is 0.265 e. The van der Waals surface area contributed by atoms with Gasteiger partial charge in [-0.1, -0.05) is 17.3 Å². The Kier molecular flexibility index (Phi) is 5.61. The molecule has 4 rings (SSSR count). The molecule has 1 aromatic heterocycles. The summed E-state index contributed by atoms with van der Waals surface area (Å²) in [5, 5.41) is 3.80. The van der Waals surface area contributed by atoms with Crippen LogP contribution < -0.4 is 19.1 Å². The van der Waals surface area contributed by atoms with E-state index in [1.165, 1.54) is 23.1 Å². The molecule has 0 atom stereocenters. The number of benzene rings is 2. The fraction of sp³-hybridized carbons (Fsp3) is 0.250. The van der Waals surface area contributed by atoms with Crippen molar-refractivity contribution in [1.82, 2.24) is 14.9 Å². The second kappa shape index (κ2) is 8.36. The van der Waals surface area contributed by atoms with Gasteiger partial charge in [-0.3, -0.25) is 9.69 Å². The van der Waals surface area contributed by atoms with E-state index in [1.807, 2.05) is 0 Å². The highest BCUT2D eigenvalue weighted by Crippen LogP contribution is 2.35. The van der Waals surface area contributed by atoms with E-state index in [9.17, 15) is 13.2 Å². The highest BCUT2D eigenvalue weighted by Gasteiger charge is 2.29. The Bertz CT molecular complexity index is 1220. The van der Waals surface area contributed by atoms with Crippen LogP contribution in [0.15, 0.2) is 51.9 Å². The zero-order chi connectivity index (χ0) is 22.0. The van der Waals surface area contributed by atoms with Gasteiger partial charge in [-0.25, -0.2) is 13.1 Å². The van der Waals surface area contributed by atoms with Crippen LogP contribution in [0.25, 0.3) is 0 Å². The van der Waals surface area contributed by atoms with Gasteiger partial charge in [-0.15, -0.1) is 0 Å². The van der Waals surface area contributed by atoms with E-state index in [0.717, 1.165) is 5.56 Å². The number of fused-ring (bicyclic) bond motifs is 1. The molecule has 0 spiro atoms. The fourth-order valence-electron chi connectivity index (χ4n) is 3.11. The molecule has 1 aliphatic heterocycles. The number of carbonyl (C=O) groups excluding carboxylic acids is 1. The lowest BCUT2D eigenvalue weighted by molar-refractivity contribution is -0.121. The molecule has 1 amide bonds. The molecule has 10 nitrogen and oxygen atoms in total. The fourth-order valence-corrected chi connectivity index (χ4v) is 4.15. The molecule has 1 N–H and O–H groups in total. The number of rotatable bonds is 7. The minimum Gasteiger partial charge on any atom is -0.497 e. The van der Waals surface area contributed by atoms with Crippen molar-refractivity contribution in [1.29, 1.82) is 0 Å². The topological polar surface area (TPSA) is 124 Å². The van der Waals surface area contributed by atoms with Crippen molar-refractivity contribution >= 4 is 21.6 Å². The summed E-state index contributed by atoms with van der Waals surface area (Å²) in [5.41, 5.74) is 1.07. The van der Waals surface area contributed by atoms with Crippen molar-refractivity contribution in [3.8, 4) is 11.5 Å². The van der Waals surface area contributed by atoms with Crippen molar-refractivity contribution < 1.29 is 27.2 Å². The van der Waals surface area contributed by atoms with Gasteiger partial charge in [-0.05, 0) is 35.9 Å². The number of aryl methyl sites for hydroxylation is 1. The van der Waals surface area contributed by atoms with Gasteiger partial charge in [-0.2, -0.15) is 4.98 Å². The first kappa shape index (κ1) is 20.8. The van der Waals surface area contributed by atoms with E-state index >= 15 is 0 Å². The summed E-state index contributed by atoms with van der Waals surface area (Å²) in [7, 11) is -2.31. The Balaban J connectivity index is 1.58. The average molecular weight is 444 g/mol.